The maximum absolute atomic E-state index is 6.29. The van der Waals surface area contributed by atoms with Crippen LogP contribution in [0.15, 0.2) is 23.2 Å². The highest BCUT2D eigenvalue weighted by molar-refractivity contribution is 14.0. The largest absolute Gasteiger partial charge is 0.497 e. The molecule has 2 N–H and O–H groups in total. The molecule has 0 aliphatic rings. The number of nitrogens with one attached hydrogen (secondary N) is 2. The number of hydrogen-bond donors (Lipinski definition) is 2. The molecule has 27 heavy (non-hydrogen) atoms. The average Bonchev–Trinajstić information content (AvgIpc) is 2.63. The zero-order valence-electron chi connectivity index (χ0n) is 16.9. The van der Waals surface area contributed by atoms with Gasteiger partial charge in [0.25, 0.3) is 0 Å². The first kappa shape index (κ1) is 26.2. The lowest BCUT2D eigenvalue weighted by molar-refractivity contribution is 0.180. The molecular weight excluding hydrogens is 479 g/mol. The third-order valence-electron chi connectivity index (χ3n) is 3.93. The summed E-state index contributed by atoms with van der Waals surface area (Å²) in [6.07, 6.45) is 1.86. The second kappa shape index (κ2) is 16.2. The van der Waals surface area contributed by atoms with Gasteiger partial charge in [0.15, 0.2) is 5.96 Å². The van der Waals surface area contributed by atoms with Gasteiger partial charge in [-0.3, -0.25) is 4.99 Å². The molecule has 6 nitrogen and oxygen atoms in total. The minimum atomic E-state index is 0. The molecule has 0 heterocycles. The summed E-state index contributed by atoms with van der Waals surface area (Å²) >= 11 is 6.29. The van der Waals surface area contributed by atoms with Gasteiger partial charge >= 0.3 is 0 Å². The number of benzene rings is 1. The maximum Gasteiger partial charge on any atom is 0.191 e. The Balaban J connectivity index is 0.00000676. The van der Waals surface area contributed by atoms with E-state index in [0.717, 1.165) is 74.5 Å². The Morgan fingerprint density at radius 1 is 1.22 bits per heavy atom. The van der Waals surface area contributed by atoms with Crippen molar-refractivity contribution in [1.82, 2.24) is 15.5 Å². The zero-order valence-corrected chi connectivity index (χ0v) is 20.0. The lowest BCUT2D eigenvalue weighted by atomic mass is 10.1. The number of ether oxygens (including phenoxy) is 2. The molecule has 1 aromatic rings. The third kappa shape index (κ3) is 11.6. The Hall–Kier alpha value is -0.770. The summed E-state index contributed by atoms with van der Waals surface area (Å²) in [6.45, 7) is 7.15. The highest BCUT2D eigenvalue weighted by atomic mass is 127. The van der Waals surface area contributed by atoms with Gasteiger partial charge in [0.1, 0.15) is 5.75 Å². The van der Waals surface area contributed by atoms with Gasteiger partial charge in [-0.2, -0.15) is 0 Å². The van der Waals surface area contributed by atoms with Crippen molar-refractivity contribution < 1.29 is 9.47 Å². The van der Waals surface area contributed by atoms with Crippen LogP contribution < -0.4 is 15.4 Å². The number of hydrogen-bond acceptors (Lipinski definition) is 4. The van der Waals surface area contributed by atoms with Gasteiger partial charge < -0.3 is 25.0 Å². The maximum atomic E-state index is 6.29. The number of methoxy groups -OCH3 is 2. The van der Waals surface area contributed by atoms with Crippen molar-refractivity contribution in [2.24, 2.45) is 4.99 Å². The van der Waals surface area contributed by atoms with Crippen molar-refractivity contribution in [3.05, 3.63) is 28.8 Å². The molecule has 0 spiro atoms. The van der Waals surface area contributed by atoms with Gasteiger partial charge in [-0.1, -0.05) is 17.7 Å². The molecule has 0 saturated heterocycles. The minimum absolute atomic E-state index is 0. The number of nitrogens with zero attached hydrogens (tertiary/aromatic N) is 2. The van der Waals surface area contributed by atoms with Gasteiger partial charge in [-0.25, -0.2) is 0 Å². The molecule has 0 atom stereocenters. The minimum Gasteiger partial charge on any atom is -0.497 e. The fraction of sp³-hybridized carbons (Fsp3) is 0.632. The first-order chi connectivity index (χ1) is 12.6. The molecule has 1 rings (SSSR count). The zero-order chi connectivity index (χ0) is 19.2. The van der Waals surface area contributed by atoms with Crippen molar-refractivity contribution in [2.45, 2.75) is 19.8 Å². The van der Waals surface area contributed by atoms with E-state index in [9.17, 15) is 0 Å². The quantitative estimate of drug-likeness (QED) is 0.195. The molecule has 0 bridgehead atoms. The highest BCUT2D eigenvalue weighted by Gasteiger charge is 2.04. The topological polar surface area (TPSA) is 58.1 Å². The van der Waals surface area contributed by atoms with Crippen molar-refractivity contribution >= 4 is 41.5 Å². The van der Waals surface area contributed by atoms with Gasteiger partial charge in [0, 0.05) is 44.9 Å². The van der Waals surface area contributed by atoms with E-state index in [2.05, 4.69) is 34.5 Å². The molecule has 0 radical (unpaired) electrons. The Labute approximate surface area is 186 Å². The number of likely N-dealkylation sites (N-methyl/N-ethyl adjacent to an activating group) is 1. The summed E-state index contributed by atoms with van der Waals surface area (Å²) in [5, 5.41) is 7.36. The lowest BCUT2D eigenvalue weighted by Gasteiger charge is -2.16. The van der Waals surface area contributed by atoms with Crippen LogP contribution in [0.5, 0.6) is 5.75 Å². The third-order valence-corrected chi connectivity index (χ3v) is 4.28. The molecule has 156 valence electrons. The molecule has 0 saturated carbocycles. The van der Waals surface area contributed by atoms with E-state index in [-0.39, 0.29) is 24.0 Å². The Kier molecular flexibility index (Phi) is 15.7. The summed E-state index contributed by atoms with van der Waals surface area (Å²) in [5.41, 5.74) is 1.09. The van der Waals surface area contributed by atoms with Crippen LogP contribution in [0.4, 0.5) is 0 Å². The molecule has 0 aliphatic heterocycles. The highest BCUT2D eigenvalue weighted by Crippen LogP contribution is 2.22. The Bertz CT molecular complexity index is 546. The van der Waals surface area contributed by atoms with Crippen LogP contribution >= 0.6 is 35.6 Å². The van der Waals surface area contributed by atoms with Crippen molar-refractivity contribution in [3.63, 3.8) is 0 Å². The fourth-order valence-corrected chi connectivity index (χ4v) is 2.70. The molecule has 0 fully saturated rings. The normalized spacial score (nSPS) is 11.3. The van der Waals surface area contributed by atoms with Crippen LogP contribution in [-0.4, -0.2) is 71.5 Å². The summed E-state index contributed by atoms with van der Waals surface area (Å²) in [6, 6.07) is 5.78. The van der Waals surface area contributed by atoms with E-state index in [4.69, 9.17) is 21.1 Å². The van der Waals surface area contributed by atoms with E-state index in [0.29, 0.717) is 0 Å². The van der Waals surface area contributed by atoms with Crippen LogP contribution in [0.3, 0.4) is 0 Å². The molecule has 0 aliphatic carbocycles. The molecule has 0 unspecified atom stereocenters. The second-order valence-corrected chi connectivity index (χ2v) is 6.45. The van der Waals surface area contributed by atoms with Crippen LogP contribution in [0.25, 0.3) is 0 Å². The molecular formula is C19H34ClIN4O2. The molecule has 8 heteroatoms. The summed E-state index contributed by atoms with van der Waals surface area (Å²) in [4.78, 5) is 6.90. The lowest BCUT2D eigenvalue weighted by Crippen LogP contribution is -2.39. The number of guanidine groups is 1. The van der Waals surface area contributed by atoms with Gasteiger partial charge in [0.05, 0.1) is 13.7 Å². The van der Waals surface area contributed by atoms with Crippen LogP contribution in [0, 0.1) is 0 Å². The predicted octanol–water partition coefficient (Wildman–Crippen LogP) is 3.03. The average molecular weight is 513 g/mol. The smallest absolute Gasteiger partial charge is 0.191 e. The fourth-order valence-electron chi connectivity index (χ4n) is 2.44. The van der Waals surface area contributed by atoms with Gasteiger partial charge in [0.2, 0.25) is 0 Å². The Morgan fingerprint density at radius 3 is 2.63 bits per heavy atom. The van der Waals surface area contributed by atoms with Crippen molar-refractivity contribution in [3.8, 4) is 5.75 Å². The second-order valence-electron chi connectivity index (χ2n) is 6.04. The number of aliphatic imine (C=N–C) groups is 1. The SMILES string of the molecule is CCNC(=NCCN(C)CCCOC)NCCc1ccc(OC)cc1Cl.I. The monoisotopic (exact) mass is 512 g/mol. The molecule has 0 amide bonds. The van der Waals surface area contributed by atoms with Gasteiger partial charge in [-0.05, 0) is 44.5 Å². The van der Waals surface area contributed by atoms with Crippen molar-refractivity contribution in [2.75, 3.05) is 60.6 Å². The first-order valence-electron chi connectivity index (χ1n) is 9.12. The summed E-state index contributed by atoms with van der Waals surface area (Å²) < 4.78 is 10.3. The summed E-state index contributed by atoms with van der Waals surface area (Å²) in [7, 11) is 5.48. The van der Waals surface area contributed by atoms with Crippen molar-refractivity contribution in [1.29, 1.82) is 0 Å². The standard InChI is InChI=1S/C19H33ClN4O2.HI/c1-5-21-19(23-11-13-24(2)12-6-14-25-3)22-10-9-16-7-8-17(26-4)15-18(16)20;/h7-8,15H,5-6,9-14H2,1-4H3,(H2,21,22,23);1H. The van der Waals surface area contributed by atoms with Crippen LogP contribution in [-0.2, 0) is 11.2 Å². The molecule has 1 aromatic carbocycles. The van der Waals surface area contributed by atoms with Crippen LogP contribution in [0.1, 0.15) is 18.9 Å². The molecule has 0 aromatic heterocycles. The Morgan fingerprint density at radius 2 is 2.00 bits per heavy atom. The summed E-state index contributed by atoms with van der Waals surface area (Å²) in [5.74, 6) is 1.61. The predicted molar refractivity (Wildman–Crippen MR) is 125 cm³/mol. The van der Waals surface area contributed by atoms with E-state index in [1.165, 1.54) is 0 Å². The number of rotatable bonds is 12. The van der Waals surface area contributed by atoms with E-state index < -0.39 is 0 Å². The van der Waals surface area contributed by atoms with E-state index >= 15 is 0 Å². The van der Waals surface area contributed by atoms with E-state index in [1.54, 1.807) is 14.2 Å². The first-order valence-corrected chi connectivity index (χ1v) is 9.50. The van der Waals surface area contributed by atoms with E-state index in [1.807, 2.05) is 18.2 Å². The van der Waals surface area contributed by atoms with Crippen LogP contribution in [0.2, 0.25) is 5.02 Å². The number of halogens is 2. The van der Waals surface area contributed by atoms with Gasteiger partial charge in [-0.15, -0.1) is 24.0 Å².